The monoisotopic (exact) mass is 269 g/mol. The van der Waals surface area contributed by atoms with Crippen LogP contribution in [0, 0.1) is 12.8 Å². The quantitative estimate of drug-likeness (QED) is 0.892. The van der Waals surface area contributed by atoms with Crippen molar-refractivity contribution in [1.29, 1.82) is 0 Å². The Morgan fingerprint density at radius 3 is 2.67 bits per heavy atom. The van der Waals surface area contributed by atoms with Gasteiger partial charge in [-0.1, -0.05) is 31.5 Å². The Morgan fingerprint density at radius 1 is 1.39 bits per heavy atom. The van der Waals surface area contributed by atoms with Gasteiger partial charge in [0, 0.05) is 6.54 Å². The molecule has 0 heterocycles. The summed E-state index contributed by atoms with van der Waals surface area (Å²) >= 11 is 6.02. The van der Waals surface area contributed by atoms with Gasteiger partial charge in [0.25, 0.3) is 5.91 Å². The average molecular weight is 270 g/mol. The van der Waals surface area contributed by atoms with Crippen LogP contribution >= 0.6 is 11.6 Å². The van der Waals surface area contributed by atoms with E-state index in [1.165, 1.54) is 0 Å². The minimum atomic E-state index is -0.553. The van der Waals surface area contributed by atoms with Crippen LogP contribution in [0.15, 0.2) is 18.2 Å². The predicted molar refractivity (Wildman–Crippen MR) is 74.1 cm³/mol. The smallest absolute Gasteiger partial charge is 0.260 e. The lowest BCUT2D eigenvalue weighted by Crippen LogP contribution is -2.38. The average Bonchev–Trinajstić information content (AvgIpc) is 2.30. The van der Waals surface area contributed by atoms with E-state index in [9.17, 15) is 4.79 Å². The van der Waals surface area contributed by atoms with Crippen molar-refractivity contribution in [2.24, 2.45) is 5.92 Å². The normalized spacial score (nSPS) is 12.3. The molecule has 1 unspecified atom stereocenters. The van der Waals surface area contributed by atoms with Gasteiger partial charge in [0.1, 0.15) is 5.75 Å². The Morgan fingerprint density at radius 2 is 2.06 bits per heavy atom. The first-order chi connectivity index (χ1) is 8.40. The molecule has 0 aliphatic heterocycles. The van der Waals surface area contributed by atoms with E-state index in [1.54, 1.807) is 13.0 Å². The van der Waals surface area contributed by atoms with E-state index >= 15 is 0 Å². The number of amides is 1. The van der Waals surface area contributed by atoms with Crippen LogP contribution in [0.4, 0.5) is 0 Å². The Labute approximate surface area is 113 Å². The first-order valence-electron chi connectivity index (χ1n) is 6.10. The van der Waals surface area contributed by atoms with Gasteiger partial charge in [-0.25, -0.2) is 0 Å². The molecule has 1 N–H and O–H groups in total. The van der Waals surface area contributed by atoms with Gasteiger partial charge in [0.15, 0.2) is 6.10 Å². The first-order valence-corrected chi connectivity index (χ1v) is 6.48. The van der Waals surface area contributed by atoms with Crippen molar-refractivity contribution in [2.75, 3.05) is 6.54 Å². The largest absolute Gasteiger partial charge is 0.479 e. The lowest BCUT2D eigenvalue weighted by molar-refractivity contribution is -0.127. The van der Waals surface area contributed by atoms with Crippen LogP contribution in [-0.2, 0) is 4.79 Å². The summed E-state index contributed by atoms with van der Waals surface area (Å²) in [6, 6.07) is 5.50. The van der Waals surface area contributed by atoms with Crippen molar-refractivity contribution < 1.29 is 9.53 Å². The molecule has 1 atom stereocenters. The Hall–Kier alpha value is -1.22. The van der Waals surface area contributed by atoms with Crippen molar-refractivity contribution in [1.82, 2.24) is 5.32 Å². The molecule has 0 saturated heterocycles. The summed E-state index contributed by atoms with van der Waals surface area (Å²) in [5.41, 5.74) is 1.05. The molecule has 0 fully saturated rings. The number of carbonyl (C=O) groups is 1. The number of rotatable bonds is 5. The third kappa shape index (κ3) is 4.57. The molecule has 0 aliphatic carbocycles. The molecule has 1 aromatic carbocycles. The molecular formula is C14H20ClNO2. The van der Waals surface area contributed by atoms with Gasteiger partial charge < -0.3 is 10.1 Å². The van der Waals surface area contributed by atoms with Gasteiger partial charge in [-0.2, -0.15) is 0 Å². The summed E-state index contributed by atoms with van der Waals surface area (Å²) < 4.78 is 5.58. The predicted octanol–water partition coefficient (Wildman–Crippen LogP) is 3.19. The highest BCUT2D eigenvalue weighted by molar-refractivity contribution is 6.32. The third-order valence-electron chi connectivity index (χ3n) is 2.44. The van der Waals surface area contributed by atoms with Crippen LogP contribution in [0.5, 0.6) is 5.75 Å². The van der Waals surface area contributed by atoms with Crippen LogP contribution in [0.2, 0.25) is 5.02 Å². The lowest BCUT2D eigenvalue weighted by Gasteiger charge is -2.16. The summed E-state index contributed by atoms with van der Waals surface area (Å²) in [7, 11) is 0. The molecule has 3 nitrogen and oxygen atoms in total. The second kappa shape index (κ2) is 6.64. The van der Waals surface area contributed by atoms with Gasteiger partial charge >= 0.3 is 0 Å². The van der Waals surface area contributed by atoms with Crippen LogP contribution in [0.25, 0.3) is 0 Å². The lowest BCUT2D eigenvalue weighted by atomic mass is 10.2. The minimum absolute atomic E-state index is 0.124. The topological polar surface area (TPSA) is 38.3 Å². The molecule has 1 aromatic rings. The van der Waals surface area contributed by atoms with E-state index in [1.807, 2.05) is 32.9 Å². The summed E-state index contributed by atoms with van der Waals surface area (Å²) in [5.74, 6) is 0.842. The molecule has 0 aromatic heterocycles. The third-order valence-corrected chi connectivity index (χ3v) is 2.76. The van der Waals surface area contributed by atoms with E-state index in [2.05, 4.69) is 5.32 Å². The van der Waals surface area contributed by atoms with Gasteiger partial charge in [-0.3, -0.25) is 4.79 Å². The Kier molecular flexibility index (Phi) is 5.48. The van der Waals surface area contributed by atoms with Crippen LogP contribution in [-0.4, -0.2) is 18.6 Å². The zero-order chi connectivity index (χ0) is 13.7. The molecule has 0 spiro atoms. The number of carbonyl (C=O) groups excluding carboxylic acids is 1. The summed E-state index contributed by atoms with van der Waals surface area (Å²) in [4.78, 5) is 11.8. The highest BCUT2D eigenvalue weighted by atomic mass is 35.5. The number of hydrogen-bond donors (Lipinski definition) is 1. The SMILES string of the molecule is Cc1ccc(Cl)c(OC(C)C(=O)NCC(C)C)c1. The van der Waals surface area contributed by atoms with E-state index in [0.29, 0.717) is 23.2 Å². The molecule has 100 valence electrons. The number of ether oxygens (including phenoxy) is 1. The van der Waals surface area contributed by atoms with Crippen molar-refractivity contribution in [2.45, 2.75) is 33.8 Å². The summed E-state index contributed by atoms with van der Waals surface area (Å²) in [6.45, 7) is 8.40. The van der Waals surface area contributed by atoms with Crippen molar-refractivity contribution >= 4 is 17.5 Å². The summed E-state index contributed by atoms with van der Waals surface area (Å²) in [5, 5.41) is 3.35. The van der Waals surface area contributed by atoms with Crippen LogP contribution < -0.4 is 10.1 Å². The second-order valence-corrected chi connectivity index (χ2v) is 5.24. The van der Waals surface area contributed by atoms with E-state index in [4.69, 9.17) is 16.3 Å². The van der Waals surface area contributed by atoms with E-state index < -0.39 is 6.10 Å². The number of nitrogens with one attached hydrogen (secondary N) is 1. The highest BCUT2D eigenvalue weighted by Crippen LogP contribution is 2.26. The van der Waals surface area contributed by atoms with Crippen LogP contribution in [0.1, 0.15) is 26.3 Å². The van der Waals surface area contributed by atoms with E-state index in [0.717, 1.165) is 5.56 Å². The van der Waals surface area contributed by atoms with Crippen molar-refractivity contribution in [3.63, 3.8) is 0 Å². The standard InChI is InChI=1S/C14H20ClNO2/c1-9(2)8-16-14(17)11(4)18-13-7-10(3)5-6-12(13)15/h5-7,9,11H,8H2,1-4H3,(H,16,17). The molecule has 0 bridgehead atoms. The fraction of sp³-hybridized carbons (Fsp3) is 0.500. The zero-order valence-corrected chi connectivity index (χ0v) is 12.0. The Balaban J connectivity index is 2.60. The molecule has 0 aliphatic rings. The first kappa shape index (κ1) is 14.8. The fourth-order valence-electron chi connectivity index (χ4n) is 1.39. The zero-order valence-electron chi connectivity index (χ0n) is 11.3. The maximum atomic E-state index is 11.8. The molecular weight excluding hydrogens is 250 g/mol. The molecule has 4 heteroatoms. The van der Waals surface area contributed by atoms with Crippen LogP contribution in [0.3, 0.4) is 0 Å². The van der Waals surface area contributed by atoms with Gasteiger partial charge in [-0.15, -0.1) is 0 Å². The van der Waals surface area contributed by atoms with Gasteiger partial charge in [-0.05, 0) is 37.5 Å². The number of hydrogen-bond acceptors (Lipinski definition) is 2. The maximum Gasteiger partial charge on any atom is 0.260 e. The van der Waals surface area contributed by atoms with E-state index in [-0.39, 0.29) is 5.91 Å². The molecule has 1 rings (SSSR count). The molecule has 0 saturated carbocycles. The van der Waals surface area contributed by atoms with Gasteiger partial charge in [0.2, 0.25) is 0 Å². The van der Waals surface area contributed by atoms with Crippen molar-refractivity contribution in [3.05, 3.63) is 28.8 Å². The number of aryl methyl sites for hydroxylation is 1. The fourth-order valence-corrected chi connectivity index (χ4v) is 1.56. The maximum absolute atomic E-state index is 11.8. The van der Waals surface area contributed by atoms with Crippen molar-refractivity contribution in [3.8, 4) is 5.75 Å². The molecule has 0 radical (unpaired) electrons. The summed E-state index contributed by atoms with van der Waals surface area (Å²) in [6.07, 6.45) is -0.553. The minimum Gasteiger partial charge on any atom is -0.479 e. The molecule has 18 heavy (non-hydrogen) atoms. The van der Waals surface area contributed by atoms with Gasteiger partial charge in [0.05, 0.1) is 5.02 Å². The number of benzene rings is 1. The highest BCUT2D eigenvalue weighted by Gasteiger charge is 2.16. The molecule has 1 amide bonds. The number of halogens is 1. The second-order valence-electron chi connectivity index (χ2n) is 4.83. The Bertz CT molecular complexity index is 418.